The number of hydrogen-bond acceptors (Lipinski definition) is 9. The highest BCUT2D eigenvalue weighted by Gasteiger charge is 2.71. The molecule has 0 aromatic rings. The molecule has 41 heavy (non-hydrogen) atoms. The lowest BCUT2D eigenvalue weighted by Gasteiger charge is -2.63. The zero-order valence-electron chi connectivity index (χ0n) is 25.2. The van der Waals surface area contributed by atoms with Crippen LogP contribution in [0.15, 0.2) is 11.6 Å². The average molecular weight is 577 g/mol. The molecule has 230 valence electrons. The Labute approximate surface area is 243 Å². The quantitative estimate of drug-likeness (QED) is 0.373. The van der Waals surface area contributed by atoms with Crippen LogP contribution >= 0.6 is 0 Å². The molecule has 2 heterocycles. The molecule has 0 bridgehead atoms. The first kappa shape index (κ1) is 29.5. The minimum absolute atomic E-state index is 0.0898. The first-order valence-corrected chi connectivity index (χ1v) is 15.7. The molecule has 4 aliphatic carbocycles. The number of hydrogen-bond donors (Lipinski definition) is 2. The zero-order valence-corrected chi connectivity index (χ0v) is 25.2. The van der Waals surface area contributed by atoms with Crippen molar-refractivity contribution in [2.75, 3.05) is 13.7 Å². The minimum atomic E-state index is -0.990. The summed E-state index contributed by atoms with van der Waals surface area (Å²) in [6.45, 7) is 8.06. The summed E-state index contributed by atoms with van der Waals surface area (Å²) in [5.41, 5.74) is -0.559. The monoisotopic (exact) mass is 576 g/mol. The van der Waals surface area contributed by atoms with Gasteiger partial charge in [0.2, 0.25) is 0 Å². The van der Waals surface area contributed by atoms with Crippen LogP contribution in [0.1, 0.15) is 85.5 Å². The number of rotatable bonds is 5. The van der Waals surface area contributed by atoms with Crippen molar-refractivity contribution in [2.45, 2.75) is 128 Å². The number of ether oxygens (including phenoxy) is 5. The maximum Gasteiger partial charge on any atom is 0.331 e. The Hall–Kier alpha value is -1.52. The number of carbonyl (C=O) groups excluding carboxylic acids is 2. The van der Waals surface area contributed by atoms with Gasteiger partial charge in [0.15, 0.2) is 6.29 Å². The highest BCUT2D eigenvalue weighted by molar-refractivity contribution is 5.85. The number of fused-ring (bicyclic) bond motifs is 5. The van der Waals surface area contributed by atoms with Crippen LogP contribution in [0.4, 0.5) is 0 Å². The van der Waals surface area contributed by atoms with Crippen LogP contribution in [-0.4, -0.2) is 78.3 Å². The largest absolute Gasteiger partial charge is 0.462 e. The van der Waals surface area contributed by atoms with Crippen molar-refractivity contribution >= 4 is 11.9 Å². The number of carbonyl (C=O) groups is 2. The van der Waals surface area contributed by atoms with Gasteiger partial charge in [-0.2, -0.15) is 0 Å². The maximum atomic E-state index is 12.7. The van der Waals surface area contributed by atoms with Gasteiger partial charge in [-0.05, 0) is 80.6 Å². The van der Waals surface area contributed by atoms with Crippen LogP contribution in [0.3, 0.4) is 0 Å². The Bertz CT molecular complexity index is 1080. The van der Waals surface area contributed by atoms with Crippen molar-refractivity contribution in [2.24, 2.45) is 34.5 Å². The van der Waals surface area contributed by atoms with Gasteiger partial charge in [0.05, 0.1) is 23.9 Å². The zero-order chi connectivity index (χ0) is 29.3. The molecule has 1 saturated heterocycles. The fraction of sp³-hybridized carbons (Fsp3) is 0.875. The van der Waals surface area contributed by atoms with E-state index in [4.69, 9.17) is 23.7 Å². The standard InChI is InChI=1S/C32H48O9/c1-17-29(35)24(37-5)14-27(39-17)41-21-8-10-30(3)20(13-21)6-7-23-22(30)9-11-31(4)28(19-12-26(34)38-16-19)25(40-18(2)33)15-32(23,31)36/h12,17,20-25,27-29,35-36H,6-11,13-16H2,1-5H3/t17-,20-,21+,22+,23-,24+,25+,27+,28+,29-,30+,31-,32+/m1/s1. The molecule has 0 unspecified atom stereocenters. The Morgan fingerprint density at radius 2 is 1.85 bits per heavy atom. The molecule has 0 amide bonds. The van der Waals surface area contributed by atoms with E-state index in [2.05, 4.69) is 13.8 Å². The van der Waals surface area contributed by atoms with Crippen LogP contribution in [0.25, 0.3) is 0 Å². The van der Waals surface area contributed by atoms with E-state index in [0.717, 1.165) is 50.5 Å². The highest BCUT2D eigenvalue weighted by Crippen LogP contribution is 2.70. The third kappa shape index (κ3) is 4.69. The third-order valence-corrected chi connectivity index (χ3v) is 12.5. The van der Waals surface area contributed by atoms with Crippen LogP contribution in [-0.2, 0) is 33.3 Å². The molecule has 4 saturated carbocycles. The first-order chi connectivity index (χ1) is 19.4. The normalized spacial score (nSPS) is 51.2. The molecular weight excluding hydrogens is 528 g/mol. The van der Waals surface area contributed by atoms with E-state index >= 15 is 0 Å². The molecule has 0 radical (unpaired) electrons. The lowest BCUT2D eigenvalue weighted by molar-refractivity contribution is -0.273. The van der Waals surface area contributed by atoms with Gasteiger partial charge >= 0.3 is 11.9 Å². The van der Waals surface area contributed by atoms with Crippen molar-refractivity contribution in [3.63, 3.8) is 0 Å². The lowest BCUT2D eigenvalue weighted by Crippen LogP contribution is -2.62. The second-order valence-corrected chi connectivity index (χ2v) is 14.3. The summed E-state index contributed by atoms with van der Waals surface area (Å²) in [5, 5.41) is 23.0. The Kier molecular flexibility index (Phi) is 7.62. The molecule has 9 heteroatoms. The Morgan fingerprint density at radius 3 is 2.54 bits per heavy atom. The first-order valence-electron chi connectivity index (χ1n) is 15.7. The van der Waals surface area contributed by atoms with E-state index in [0.29, 0.717) is 24.7 Å². The fourth-order valence-corrected chi connectivity index (χ4v) is 10.4. The topological polar surface area (TPSA) is 121 Å². The van der Waals surface area contributed by atoms with Crippen molar-refractivity contribution < 1.29 is 43.5 Å². The van der Waals surface area contributed by atoms with Gasteiger partial charge in [-0.15, -0.1) is 0 Å². The SMILES string of the molecule is CO[C@H]1C[C@H](O[C@H]2CC[C@@]3(C)[C@H](CC[C@@H]4[C@@H]3CC[C@]3(C)[C@@H](C5=CC(=O)OC5)[C@@H](OC(C)=O)C[C@]43O)C2)O[C@H](C)[C@H]1O. The van der Waals surface area contributed by atoms with Gasteiger partial charge in [-0.1, -0.05) is 13.8 Å². The Morgan fingerprint density at radius 1 is 1.07 bits per heavy atom. The van der Waals surface area contributed by atoms with Crippen molar-refractivity contribution in [3.05, 3.63) is 11.6 Å². The van der Waals surface area contributed by atoms with Gasteiger partial charge < -0.3 is 33.9 Å². The van der Waals surface area contributed by atoms with E-state index in [-0.39, 0.29) is 60.4 Å². The van der Waals surface area contributed by atoms with Crippen molar-refractivity contribution in [1.29, 1.82) is 0 Å². The fourth-order valence-electron chi connectivity index (χ4n) is 10.4. The molecule has 2 N–H and O–H groups in total. The molecule has 9 nitrogen and oxygen atoms in total. The van der Waals surface area contributed by atoms with E-state index in [1.807, 2.05) is 6.92 Å². The Balaban J connectivity index is 1.19. The molecule has 0 aromatic heterocycles. The lowest BCUT2D eigenvalue weighted by atomic mass is 9.43. The van der Waals surface area contributed by atoms with E-state index in [1.165, 1.54) is 6.92 Å². The molecule has 13 atom stereocenters. The molecule has 0 aromatic carbocycles. The summed E-state index contributed by atoms with van der Waals surface area (Å²) in [5.74, 6) is 0.0175. The molecule has 5 fully saturated rings. The average Bonchev–Trinajstić information content (AvgIpc) is 3.42. The van der Waals surface area contributed by atoms with Gasteiger partial charge in [0.25, 0.3) is 0 Å². The summed E-state index contributed by atoms with van der Waals surface area (Å²) >= 11 is 0. The predicted molar refractivity (Wildman–Crippen MR) is 147 cm³/mol. The number of methoxy groups -OCH3 is 1. The van der Waals surface area contributed by atoms with Crippen LogP contribution in [0, 0.1) is 34.5 Å². The van der Waals surface area contributed by atoms with Crippen molar-refractivity contribution in [1.82, 2.24) is 0 Å². The number of aliphatic hydroxyl groups excluding tert-OH is 1. The highest BCUT2D eigenvalue weighted by atomic mass is 16.7. The van der Waals surface area contributed by atoms with Crippen LogP contribution in [0.5, 0.6) is 0 Å². The molecule has 2 aliphatic heterocycles. The van der Waals surface area contributed by atoms with E-state index in [1.54, 1.807) is 13.2 Å². The second kappa shape index (κ2) is 10.6. The van der Waals surface area contributed by atoms with Crippen LogP contribution < -0.4 is 0 Å². The number of aliphatic hydroxyl groups is 2. The molecular formula is C32H48O9. The summed E-state index contributed by atoms with van der Waals surface area (Å²) < 4.78 is 29.1. The van der Waals surface area contributed by atoms with Crippen LogP contribution in [0.2, 0.25) is 0 Å². The molecule has 0 spiro atoms. The minimum Gasteiger partial charge on any atom is -0.462 e. The van der Waals surface area contributed by atoms with Gasteiger partial charge in [0.1, 0.15) is 18.8 Å². The molecule has 6 aliphatic rings. The van der Waals surface area contributed by atoms with E-state index in [9.17, 15) is 19.8 Å². The van der Waals surface area contributed by atoms with Gasteiger partial charge in [-0.3, -0.25) is 4.79 Å². The van der Waals surface area contributed by atoms with Gasteiger partial charge in [-0.25, -0.2) is 4.79 Å². The third-order valence-electron chi connectivity index (χ3n) is 12.5. The van der Waals surface area contributed by atoms with E-state index < -0.39 is 23.2 Å². The summed E-state index contributed by atoms with van der Waals surface area (Å²) in [6.07, 6.45) is 7.14. The molecule has 6 rings (SSSR count). The summed E-state index contributed by atoms with van der Waals surface area (Å²) in [6, 6.07) is 0. The summed E-state index contributed by atoms with van der Waals surface area (Å²) in [7, 11) is 1.62. The predicted octanol–water partition coefficient (Wildman–Crippen LogP) is 3.68. The number of esters is 2. The smallest absolute Gasteiger partial charge is 0.331 e. The maximum absolute atomic E-state index is 12.7. The van der Waals surface area contributed by atoms with Crippen molar-refractivity contribution in [3.8, 4) is 0 Å². The van der Waals surface area contributed by atoms with Gasteiger partial charge in [0, 0.05) is 44.3 Å². The summed E-state index contributed by atoms with van der Waals surface area (Å²) in [4.78, 5) is 24.2. The second-order valence-electron chi connectivity index (χ2n) is 14.3. The number of cyclic esters (lactones) is 1.